The lowest BCUT2D eigenvalue weighted by Crippen LogP contribution is -2.48. The predicted molar refractivity (Wildman–Crippen MR) is 130 cm³/mol. The van der Waals surface area contributed by atoms with Gasteiger partial charge in [0.1, 0.15) is 5.75 Å². The van der Waals surface area contributed by atoms with E-state index >= 15 is 0 Å². The first-order valence-electron chi connectivity index (χ1n) is 11.3. The highest BCUT2D eigenvalue weighted by Gasteiger charge is 2.23. The van der Waals surface area contributed by atoms with Crippen LogP contribution >= 0.6 is 11.6 Å². The summed E-state index contributed by atoms with van der Waals surface area (Å²) in [5.74, 6) is 0.743. The summed E-state index contributed by atoms with van der Waals surface area (Å²) < 4.78 is 5.79. The van der Waals surface area contributed by atoms with Gasteiger partial charge in [-0.05, 0) is 62.2 Å². The Hall–Kier alpha value is -2.73. The van der Waals surface area contributed by atoms with Gasteiger partial charge in [-0.3, -0.25) is 9.59 Å². The van der Waals surface area contributed by atoms with E-state index in [0.717, 1.165) is 24.3 Å². The monoisotopic (exact) mass is 457 g/mol. The Morgan fingerprint density at radius 3 is 2.38 bits per heavy atom. The standard InChI is InChI=1S/C25H32ClN3O3/c1-4-6-24(30)29-15-13-28(14-16-29)23-12-9-20(26)17-22(23)27-25(31)19-7-10-21(11-8-19)32-18(3)5-2/h7-12,17-18H,4-6,13-16H2,1-3H3,(H,27,31). The average molecular weight is 458 g/mol. The van der Waals surface area contributed by atoms with Crippen molar-refractivity contribution in [3.8, 4) is 5.75 Å². The minimum absolute atomic E-state index is 0.126. The van der Waals surface area contributed by atoms with Gasteiger partial charge in [-0.15, -0.1) is 0 Å². The third-order valence-electron chi connectivity index (χ3n) is 5.67. The number of hydrogen-bond donors (Lipinski definition) is 1. The van der Waals surface area contributed by atoms with Crippen LogP contribution in [-0.2, 0) is 4.79 Å². The summed E-state index contributed by atoms with van der Waals surface area (Å²) in [7, 11) is 0. The first-order chi connectivity index (χ1) is 15.4. The predicted octanol–water partition coefficient (Wildman–Crippen LogP) is 5.22. The molecule has 6 nitrogen and oxygen atoms in total. The Morgan fingerprint density at radius 2 is 1.75 bits per heavy atom. The molecule has 1 N–H and O–H groups in total. The van der Waals surface area contributed by atoms with E-state index in [1.54, 1.807) is 18.2 Å². The van der Waals surface area contributed by atoms with Crippen LogP contribution in [0.4, 0.5) is 11.4 Å². The number of nitrogens with one attached hydrogen (secondary N) is 1. The Balaban J connectivity index is 1.69. The number of ether oxygens (including phenoxy) is 1. The molecule has 1 heterocycles. The van der Waals surface area contributed by atoms with Crippen molar-refractivity contribution in [2.24, 2.45) is 0 Å². The summed E-state index contributed by atoms with van der Waals surface area (Å²) in [6.07, 6.45) is 2.49. The van der Waals surface area contributed by atoms with Crippen LogP contribution in [0.2, 0.25) is 5.02 Å². The Labute approximate surface area is 195 Å². The highest BCUT2D eigenvalue weighted by atomic mass is 35.5. The summed E-state index contributed by atoms with van der Waals surface area (Å²) in [5.41, 5.74) is 2.11. The molecule has 7 heteroatoms. The molecule has 1 unspecified atom stereocenters. The second-order valence-corrected chi connectivity index (χ2v) is 8.53. The number of rotatable bonds is 8. The second-order valence-electron chi connectivity index (χ2n) is 8.09. The van der Waals surface area contributed by atoms with Crippen LogP contribution in [-0.4, -0.2) is 49.0 Å². The van der Waals surface area contributed by atoms with Crippen LogP contribution < -0.4 is 15.0 Å². The molecule has 1 saturated heterocycles. The average Bonchev–Trinajstić information content (AvgIpc) is 2.80. The molecule has 2 amide bonds. The molecule has 0 saturated carbocycles. The summed E-state index contributed by atoms with van der Waals surface area (Å²) in [5, 5.41) is 3.56. The van der Waals surface area contributed by atoms with Gasteiger partial charge in [-0.25, -0.2) is 0 Å². The van der Waals surface area contributed by atoms with Crippen LogP contribution in [0.5, 0.6) is 5.75 Å². The summed E-state index contributed by atoms with van der Waals surface area (Å²) in [6.45, 7) is 8.87. The van der Waals surface area contributed by atoms with Gasteiger partial charge < -0.3 is 19.9 Å². The van der Waals surface area contributed by atoms with Crippen molar-refractivity contribution in [1.29, 1.82) is 0 Å². The number of hydrogen-bond acceptors (Lipinski definition) is 4. The van der Waals surface area contributed by atoms with E-state index in [0.29, 0.717) is 48.9 Å². The van der Waals surface area contributed by atoms with Gasteiger partial charge in [0.2, 0.25) is 5.91 Å². The normalized spacial score (nSPS) is 14.8. The van der Waals surface area contributed by atoms with E-state index < -0.39 is 0 Å². The number of benzene rings is 2. The van der Waals surface area contributed by atoms with Crippen LogP contribution in [0.1, 0.15) is 50.4 Å². The number of halogens is 1. The molecule has 0 bridgehead atoms. The van der Waals surface area contributed by atoms with Gasteiger partial charge in [0.15, 0.2) is 0 Å². The van der Waals surface area contributed by atoms with Gasteiger partial charge in [-0.1, -0.05) is 25.4 Å². The molecule has 32 heavy (non-hydrogen) atoms. The molecular weight excluding hydrogens is 426 g/mol. The number of amides is 2. The van der Waals surface area contributed by atoms with E-state index in [-0.39, 0.29) is 17.9 Å². The fourth-order valence-corrected chi connectivity index (χ4v) is 3.82. The first-order valence-corrected chi connectivity index (χ1v) is 11.7. The van der Waals surface area contributed by atoms with Crippen LogP contribution in [0.15, 0.2) is 42.5 Å². The minimum Gasteiger partial charge on any atom is -0.491 e. The minimum atomic E-state index is -0.208. The zero-order valence-corrected chi connectivity index (χ0v) is 19.8. The van der Waals surface area contributed by atoms with Gasteiger partial charge in [-0.2, -0.15) is 0 Å². The largest absolute Gasteiger partial charge is 0.491 e. The smallest absolute Gasteiger partial charge is 0.255 e. The van der Waals surface area contributed by atoms with Crippen LogP contribution in [0, 0.1) is 0 Å². The molecule has 1 aliphatic heterocycles. The fraction of sp³-hybridized carbons (Fsp3) is 0.440. The lowest BCUT2D eigenvalue weighted by molar-refractivity contribution is -0.131. The molecule has 1 atom stereocenters. The highest BCUT2D eigenvalue weighted by molar-refractivity contribution is 6.31. The zero-order valence-electron chi connectivity index (χ0n) is 19.1. The number of carbonyl (C=O) groups is 2. The third-order valence-corrected chi connectivity index (χ3v) is 5.91. The van der Waals surface area contributed by atoms with Crippen LogP contribution in [0.25, 0.3) is 0 Å². The van der Waals surface area contributed by atoms with Crippen molar-refractivity contribution in [2.75, 3.05) is 36.4 Å². The van der Waals surface area contributed by atoms with Gasteiger partial charge >= 0.3 is 0 Å². The van der Waals surface area contributed by atoms with Crippen molar-refractivity contribution in [3.05, 3.63) is 53.1 Å². The number of nitrogens with zero attached hydrogens (tertiary/aromatic N) is 2. The van der Waals surface area contributed by atoms with Crippen molar-refractivity contribution in [2.45, 2.75) is 46.1 Å². The maximum Gasteiger partial charge on any atom is 0.255 e. The van der Waals surface area contributed by atoms with Gasteiger partial charge in [0, 0.05) is 43.2 Å². The Bertz CT molecular complexity index is 925. The zero-order chi connectivity index (χ0) is 23.1. The molecule has 0 aliphatic carbocycles. The Morgan fingerprint density at radius 1 is 1.06 bits per heavy atom. The topological polar surface area (TPSA) is 61.9 Å². The molecule has 0 spiro atoms. The van der Waals surface area contributed by atoms with E-state index in [4.69, 9.17) is 16.3 Å². The SMILES string of the molecule is CCCC(=O)N1CCN(c2ccc(Cl)cc2NC(=O)c2ccc(OC(C)CC)cc2)CC1. The molecule has 3 rings (SSSR count). The van der Waals surface area contributed by atoms with Crippen LogP contribution in [0.3, 0.4) is 0 Å². The maximum absolute atomic E-state index is 12.9. The summed E-state index contributed by atoms with van der Waals surface area (Å²) in [4.78, 5) is 29.2. The number of piperazine rings is 1. The molecule has 0 aromatic heterocycles. The third kappa shape index (κ3) is 6.16. The highest BCUT2D eigenvalue weighted by Crippen LogP contribution is 2.31. The quantitative estimate of drug-likeness (QED) is 0.590. The second kappa shape index (κ2) is 11.2. The lowest BCUT2D eigenvalue weighted by atomic mass is 10.1. The molecule has 172 valence electrons. The van der Waals surface area contributed by atoms with Gasteiger partial charge in [0.05, 0.1) is 17.5 Å². The Kier molecular flexibility index (Phi) is 8.39. The van der Waals surface area contributed by atoms with E-state index in [9.17, 15) is 9.59 Å². The number of carbonyl (C=O) groups excluding carboxylic acids is 2. The molecular formula is C25H32ClN3O3. The maximum atomic E-state index is 12.9. The molecule has 2 aromatic rings. The van der Waals surface area contributed by atoms with Crippen molar-refractivity contribution < 1.29 is 14.3 Å². The molecule has 2 aromatic carbocycles. The molecule has 1 fully saturated rings. The number of anilines is 2. The lowest BCUT2D eigenvalue weighted by Gasteiger charge is -2.37. The van der Waals surface area contributed by atoms with Crippen molar-refractivity contribution >= 4 is 34.8 Å². The summed E-state index contributed by atoms with van der Waals surface area (Å²) in [6, 6.07) is 12.7. The van der Waals surface area contributed by atoms with E-state index in [1.165, 1.54) is 0 Å². The first kappa shape index (κ1) is 23.9. The summed E-state index contributed by atoms with van der Waals surface area (Å²) >= 11 is 6.23. The van der Waals surface area contributed by atoms with E-state index in [1.807, 2.05) is 43.0 Å². The van der Waals surface area contributed by atoms with Crippen molar-refractivity contribution in [3.63, 3.8) is 0 Å². The van der Waals surface area contributed by atoms with Crippen molar-refractivity contribution in [1.82, 2.24) is 4.90 Å². The molecule has 1 aliphatic rings. The fourth-order valence-electron chi connectivity index (χ4n) is 3.65. The molecule has 0 radical (unpaired) electrons. The van der Waals surface area contributed by atoms with E-state index in [2.05, 4.69) is 17.1 Å². The van der Waals surface area contributed by atoms with Gasteiger partial charge in [0.25, 0.3) is 5.91 Å².